The third kappa shape index (κ3) is 2.38. The Morgan fingerprint density at radius 1 is 1.33 bits per heavy atom. The average molecular weight is 222 g/mol. The van der Waals surface area contributed by atoms with Crippen molar-refractivity contribution in [3.63, 3.8) is 0 Å². The van der Waals surface area contributed by atoms with Crippen LogP contribution in [0.4, 0.5) is 5.13 Å². The highest BCUT2D eigenvalue weighted by atomic mass is 32.1. The molecular weight excluding hydrogens is 212 g/mol. The Kier molecular flexibility index (Phi) is 2.73. The molecule has 0 saturated carbocycles. The van der Waals surface area contributed by atoms with Gasteiger partial charge in [0.05, 0.1) is 0 Å². The highest BCUT2D eigenvalue weighted by molar-refractivity contribution is 7.13. The van der Waals surface area contributed by atoms with Gasteiger partial charge in [0.15, 0.2) is 5.13 Å². The summed E-state index contributed by atoms with van der Waals surface area (Å²) in [6.45, 7) is 0.486. The number of nitrogens with zero attached hydrogens (tertiary/aromatic N) is 1. The lowest BCUT2D eigenvalue weighted by atomic mass is 10.2. The lowest BCUT2D eigenvalue weighted by molar-refractivity contribution is 0.446. The first-order chi connectivity index (χ1) is 7.25. The molecule has 0 atom stereocenters. The minimum Gasteiger partial charge on any atom is -0.508 e. The maximum atomic E-state index is 9.50. The van der Waals surface area contributed by atoms with Gasteiger partial charge < -0.3 is 15.5 Å². The van der Waals surface area contributed by atoms with E-state index in [0.29, 0.717) is 6.54 Å². The molecule has 78 valence electrons. The van der Waals surface area contributed by atoms with Crippen molar-refractivity contribution in [3.05, 3.63) is 35.3 Å². The number of rotatable bonds is 3. The van der Waals surface area contributed by atoms with Gasteiger partial charge in [-0.05, 0) is 12.1 Å². The summed E-state index contributed by atoms with van der Waals surface area (Å²) in [5.74, 6) is 0.143. The first kappa shape index (κ1) is 9.79. The smallest absolute Gasteiger partial charge is 0.182 e. The summed E-state index contributed by atoms with van der Waals surface area (Å²) < 4.78 is 0. The predicted octanol–water partition coefficient (Wildman–Crippen LogP) is 2.17. The number of phenolic OH excluding ortho intramolecular Hbond substituents is 2. The van der Waals surface area contributed by atoms with E-state index in [9.17, 15) is 5.11 Å². The third-order valence-corrected chi connectivity index (χ3v) is 2.66. The van der Waals surface area contributed by atoms with Crippen LogP contribution in [0.3, 0.4) is 0 Å². The lowest BCUT2D eigenvalue weighted by Gasteiger charge is -2.05. The molecule has 0 spiro atoms. The van der Waals surface area contributed by atoms with E-state index < -0.39 is 0 Å². The van der Waals surface area contributed by atoms with Gasteiger partial charge in [-0.25, -0.2) is 4.98 Å². The zero-order valence-electron chi connectivity index (χ0n) is 7.84. The van der Waals surface area contributed by atoms with Gasteiger partial charge in [0.2, 0.25) is 0 Å². The molecule has 2 aromatic rings. The first-order valence-corrected chi connectivity index (χ1v) is 5.28. The Morgan fingerprint density at radius 2 is 2.20 bits per heavy atom. The fraction of sp³-hybridized carbons (Fsp3) is 0.100. The minimum absolute atomic E-state index is 0.0606. The summed E-state index contributed by atoms with van der Waals surface area (Å²) in [5, 5.41) is 24.4. The van der Waals surface area contributed by atoms with Gasteiger partial charge in [-0.15, -0.1) is 11.3 Å². The molecule has 3 N–H and O–H groups in total. The first-order valence-electron chi connectivity index (χ1n) is 4.40. The Hall–Kier alpha value is -1.75. The molecule has 1 heterocycles. The molecule has 1 aromatic heterocycles. The molecule has 2 rings (SSSR count). The third-order valence-electron chi connectivity index (χ3n) is 1.93. The Bertz CT molecular complexity index is 443. The van der Waals surface area contributed by atoms with E-state index >= 15 is 0 Å². The van der Waals surface area contributed by atoms with E-state index in [4.69, 9.17) is 5.11 Å². The molecule has 0 aliphatic heterocycles. The van der Waals surface area contributed by atoms with Crippen LogP contribution in [0, 0.1) is 0 Å². The molecular formula is C10H10N2O2S. The minimum atomic E-state index is 0.0606. The van der Waals surface area contributed by atoms with Crippen LogP contribution < -0.4 is 5.32 Å². The Balaban J connectivity index is 2.05. The van der Waals surface area contributed by atoms with Crippen LogP contribution in [0.25, 0.3) is 0 Å². The highest BCUT2D eigenvalue weighted by Gasteiger charge is 2.02. The molecule has 0 fully saturated rings. The van der Waals surface area contributed by atoms with Crippen molar-refractivity contribution in [2.75, 3.05) is 5.32 Å². The van der Waals surface area contributed by atoms with Gasteiger partial charge in [-0.1, -0.05) is 0 Å². The van der Waals surface area contributed by atoms with Crippen molar-refractivity contribution >= 4 is 16.5 Å². The Labute approximate surface area is 90.9 Å². The highest BCUT2D eigenvalue weighted by Crippen LogP contribution is 2.23. The topological polar surface area (TPSA) is 65.4 Å². The monoisotopic (exact) mass is 222 g/mol. The summed E-state index contributed by atoms with van der Waals surface area (Å²) in [5.41, 5.74) is 0.725. The van der Waals surface area contributed by atoms with Crippen molar-refractivity contribution in [2.24, 2.45) is 0 Å². The molecule has 15 heavy (non-hydrogen) atoms. The molecule has 0 aliphatic rings. The second-order valence-corrected chi connectivity index (χ2v) is 3.90. The molecule has 5 heteroatoms. The van der Waals surface area contributed by atoms with Crippen LogP contribution in [0.2, 0.25) is 0 Å². The SMILES string of the molecule is Oc1ccc(CNc2nccs2)c(O)c1. The van der Waals surface area contributed by atoms with Crippen molar-refractivity contribution in [3.8, 4) is 11.5 Å². The summed E-state index contributed by atoms with van der Waals surface area (Å²) in [4.78, 5) is 4.05. The molecule has 0 bridgehead atoms. The fourth-order valence-electron chi connectivity index (χ4n) is 1.18. The van der Waals surface area contributed by atoms with Crippen molar-refractivity contribution < 1.29 is 10.2 Å². The number of aromatic hydroxyl groups is 2. The van der Waals surface area contributed by atoms with Crippen molar-refractivity contribution in [1.82, 2.24) is 4.98 Å². The number of anilines is 1. The number of benzene rings is 1. The number of aromatic nitrogens is 1. The predicted molar refractivity (Wildman–Crippen MR) is 59.2 cm³/mol. The van der Waals surface area contributed by atoms with Crippen molar-refractivity contribution in [1.29, 1.82) is 0 Å². The lowest BCUT2D eigenvalue weighted by Crippen LogP contribution is -1.98. The molecule has 1 aromatic carbocycles. The quantitative estimate of drug-likeness (QED) is 0.744. The molecule has 0 aliphatic carbocycles. The molecule has 0 unspecified atom stereocenters. The molecule has 4 nitrogen and oxygen atoms in total. The number of nitrogens with one attached hydrogen (secondary N) is 1. The van der Waals surface area contributed by atoms with Crippen LogP contribution >= 0.6 is 11.3 Å². The number of phenols is 2. The van der Waals surface area contributed by atoms with E-state index in [1.165, 1.54) is 17.4 Å². The van der Waals surface area contributed by atoms with Crippen LogP contribution in [0.5, 0.6) is 11.5 Å². The van der Waals surface area contributed by atoms with Crippen LogP contribution in [0.1, 0.15) is 5.56 Å². The van der Waals surface area contributed by atoms with Gasteiger partial charge in [-0.3, -0.25) is 0 Å². The second-order valence-electron chi connectivity index (χ2n) is 3.00. The van der Waals surface area contributed by atoms with Gasteiger partial charge in [0, 0.05) is 29.8 Å². The van der Waals surface area contributed by atoms with Gasteiger partial charge in [0.1, 0.15) is 11.5 Å². The maximum absolute atomic E-state index is 9.50. The average Bonchev–Trinajstić information content (AvgIpc) is 2.69. The number of hydrogen-bond donors (Lipinski definition) is 3. The maximum Gasteiger partial charge on any atom is 0.182 e. The zero-order chi connectivity index (χ0) is 10.7. The number of hydrogen-bond acceptors (Lipinski definition) is 5. The van der Waals surface area contributed by atoms with E-state index in [2.05, 4.69) is 10.3 Å². The Morgan fingerprint density at radius 3 is 2.87 bits per heavy atom. The van der Waals surface area contributed by atoms with Gasteiger partial charge >= 0.3 is 0 Å². The summed E-state index contributed by atoms with van der Waals surface area (Å²) >= 11 is 1.50. The van der Waals surface area contributed by atoms with Crippen LogP contribution in [0.15, 0.2) is 29.8 Å². The largest absolute Gasteiger partial charge is 0.508 e. The van der Waals surface area contributed by atoms with E-state index in [-0.39, 0.29) is 11.5 Å². The van der Waals surface area contributed by atoms with Gasteiger partial charge in [-0.2, -0.15) is 0 Å². The second kappa shape index (κ2) is 4.18. The summed E-state index contributed by atoms with van der Waals surface area (Å²) in [7, 11) is 0. The summed E-state index contributed by atoms with van der Waals surface area (Å²) in [6.07, 6.45) is 1.71. The zero-order valence-corrected chi connectivity index (χ0v) is 8.66. The van der Waals surface area contributed by atoms with Crippen LogP contribution in [-0.2, 0) is 6.54 Å². The van der Waals surface area contributed by atoms with Crippen molar-refractivity contribution in [2.45, 2.75) is 6.54 Å². The van der Waals surface area contributed by atoms with E-state index in [0.717, 1.165) is 10.7 Å². The van der Waals surface area contributed by atoms with E-state index in [1.807, 2.05) is 5.38 Å². The fourth-order valence-corrected chi connectivity index (χ4v) is 1.71. The van der Waals surface area contributed by atoms with Crippen LogP contribution in [-0.4, -0.2) is 15.2 Å². The molecule has 0 radical (unpaired) electrons. The van der Waals surface area contributed by atoms with Gasteiger partial charge in [0.25, 0.3) is 0 Å². The standard InChI is InChI=1S/C10H10N2O2S/c13-8-2-1-7(9(14)5-8)6-12-10-11-3-4-15-10/h1-5,13-14H,6H2,(H,11,12). The van der Waals surface area contributed by atoms with E-state index in [1.54, 1.807) is 18.3 Å². The summed E-state index contributed by atoms with van der Waals surface area (Å²) in [6, 6.07) is 4.53. The number of thiazole rings is 1. The normalized spacial score (nSPS) is 10.1. The molecule has 0 saturated heterocycles. The molecule has 0 amide bonds.